The first kappa shape index (κ1) is 22.1. The van der Waals surface area contributed by atoms with Crippen molar-refractivity contribution in [3.05, 3.63) is 60.4 Å². The molecule has 1 heterocycles. The highest BCUT2D eigenvalue weighted by molar-refractivity contribution is 7.99. The Morgan fingerprint density at radius 3 is 2.17 bits per heavy atom. The number of benzene rings is 2. The van der Waals surface area contributed by atoms with E-state index >= 15 is 0 Å². The lowest BCUT2D eigenvalue weighted by molar-refractivity contribution is -0.128. The Morgan fingerprint density at radius 1 is 0.867 bits per heavy atom. The number of hydrogen-bond donors (Lipinski definition) is 2. The Balaban J connectivity index is 1.25. The van der Waals surface area contributed by atoms with Crippen LogP contribution in [-0.2, 0) is 9.59 Å². The number of hydrazine groups is 1. The molecule has 0 bridgehead atoms. The van der Waals surface area contributed by atoms with E-state index in [1.807, 2.05) is 18.2 Å². The van der Waals surface area contributed by atoms with Crippen molar-refractivity contribution in [2.75, 3.05) is 43.4 Å². The molecule has 2 aromatic carbocycles. The van der Waals surface area contributed by atoms with Crippen LogP contribution in [0.2, 0.25) is 0 Å². The predicted molar refractivity (Wildman–Crippen MR) is 118 cm³/mol. The highest BCUT2D eigenvalue weighted by Gasteiger charge is 2.17. The summed E-state index contributed by atoms with van der Waals surface area (Å²) in [5.74, 6) is -0.161. The van der Waals surface area contributed by atoms with E-state index in [-0.39, 0.29) is 24.1 Å². The molecule has 1 fully saturated rings. The van der Waals surface area contributed by atoms with Crippen molar-refractivity contribution in [3.8, 4) is 0 Å². The zero-order valence-corrected chi connectivity index (χ0v) is 17.7. The number of rotatable bonds is 8. The number of amides is 2. The summed E-state index contributed by atoms with van der Waals surface area (Å²) in [5.41, 5.74) is 6.17. The molecule has 160 valence electrons. The topological polar surface area (TPSA) is 64.7 Å². The number of para-hydroxylation sites is 1. The molecule has 2 aromatic rings. The first-order valence-electron chi connectivity index (χ1n) is 10.1. The third-order valence-corrected chi connectivity index (χ3v) is 5.92. The lowest BCUT2D eigenvalue weighted by atomic mass is 10.2. The molecule has 8 heteroatoms. The summed E-state index contributed by atoms with van der Waals surface area (Å²) >= 11 is 1.47. The maximum absolute atomic E-state index is 12.9. The molecule has 1 saturated heterocycles. The summed E-state index contributed by atoms with van der Waals surface area (Å²) in [6, 6.07) is 16.5. The molecule has 0 aliphatic carbocycles. The molecule has 0 spiro atoms. The van der Waals surface area contributed by atoms with Crippen LogP contribution in [0.15, 0.2) is 59.5 Å². The summed E-state index contributed by atoms with van der Waals surface area (Å²) in [6.07, 6.45) is 0.611. The lowest BCUT2D eigenvalue weighted by Crippen LogP contribution is -2.48. The smallest absolute Gasteiger partial charge is 0.239 e. The van der Waals surface area contributed by atoms with Gasteiger partial charge in [-0.15, -0.1) is 11.8 Å². The number of nitrogens with zero attached hydrogens (tertiary/aromatic N) is 2. The summed E-state index contributed by atoms with van der Waals surface area (Å²) < 4.78 is 12.9. The highest BCUT2D eigenvalue weighted by Crippen LogP contribution is 2.18. The van der Waals surface area contributed by atoms with Crippen LogP contribution in [-0.4, -0.2) is 55.2 Å². The quantitative estimate of drug-likeness (QED) is 0.498. The third kappa shape index (κ3) is 7.35. The molecule has 0 aromatic heterocycles. The van der Waals surface area contributed by atoms with Crippen molar-refractivity contribution in [1.82, 2.24) is 15.8 Å². The van der Waals surface area contributed by atoms with Gasteiger partial charge in [0, 0.05) is 61.9 Å². The molecule has 1 aliphatic rings. The number of hydrogen-bond acceptors (Lipinski definition) is 5. The van der Waals surface area contributed by atoms with Gasteiger partial charge in [0.15, 0.2) is 0 Å². The van der Waals surface area contributed by atoms with Crippen LogP contribution >= 0.6 is 11.8 Å². The average Bonchev–Trinajstić information content (AvgIpc) is 2.78. The minimum absolute atomic E-state index is 0.194. The number of piperazine rings is 1. The molecular weight excluding hydrogens is 403 g/mol. The van der Waals surface area contributed by atoms with Crippen molar-refractivity contribution in [2.45, 2.75) is 17.7 Å². The number of carbonyl (C=O) groups is 2. The standard InChI is InChI=1S/C22H27FN4O2S/c23-18-6-8-20(9-7-18)30-17-11-22(29)25-24-21(28)10-12-26-13-15-27(16-14-26)19-4-2-1-3-5-19/h1-9H,10-17H2,(H,24,28)(H,25,29). The number of carbonyl (C=O) groups excluding carboxylic acids is 2. The largest absolute Gasteiger partial charge is 0.369 e. The molecule has 0 atom stereocenters. The van der Waals surface area contributed by atoms with Gasteiger partial charge in [0.2, 0.25) is 11.8 Å². The molecule has 1 aliphatic heterocycles. The lowest BCUT2D eigenvalue weighted by Gasteiger charge is -2.36. The SMILES string of the molecule is O=C(CCSc1ccc(F)cc1)NNC(=O)CCN1CCN(c2ccccc2)CC1. The number of thioether (sulfide) groups is 1. The van der Waals surface area contributed by atoms with Crippen LogP contribution in [0.1, 0.15) is 12.8 Å². The van der Waals surface area contributed by atoms with Crippen LogP contribution < -0.4 is 15.8 Å². The van der Waals surface area contributed by atoms with E-state index in [1.54, 1.807) is 12.1 Å². The van der Waals surface area contributed by atoms with Crippen molar-refractivity contribution in [2.24, 2.45) is 0 Å². The highest BCUT2D eigenvalue weighted by atomic mass is 32.2. The number of nitrogens with one attached hydrogen (secondary N) is 2. The van der Waals surface area contributed by atoms with Gasteiger partial charge in [-0.1, -0.05) is 18.2 Å². The Morgan fingerprint density at radius 2 is 1.50 bits per heavy atom. The van der Waals surface area contributed by atoms with E-state index in [0.29, 0.717) is 18.7 Å². The van der Waals surface area contributed by atoms with Crippen LogP contribution in [0.3, 0.4) is 0 Å². The fraction of sp³-hybridized carbons (Fsp3) is 0.364. The van der Waals surface area contributed by atoms with E-state index in [2.05, 4.69) is 32.8 Å². The van der Waals surface area contributed by atoms with E-state index in [1.165, 1.54) is 29.6 Å². The summed E-state index contributed by atoms with van der Waals surface area (Å²) in [6.45, 7) is 4.37. The molecule has 0 saturated carbocycles. The predicted octanol–water partition coefficient (Wildman–Crippen LogP) is 2.67. The van der Waals surface area contributed by atoms with E-state index in [9.17, 15) is 14.0 Å². The van der Waals surface area contributed by atoms with E-state index in [4.69, 9.17) is 0 Å². The average molecular weight is 431 g/mol. The minimum Gasteiger partial charge on any atom is -0.369 e. The second-order valence-electron chi connectivity index (χ2n) is 7.06. The van der Waals surface area contributed by atoms with Gasteiger partial charge in [0.05, 0.1) is 0 Å². The van der Waals surface area contributed by atoms with Crippen molar-refractivity contribution >= 4 is 29.3 Å². The maximum Gasteiger partial charge on any atom is 0.239 e. The van der Waals surface area contributed by atoms with Gasteiger partial charge in [-0.25, -0.2) is 4.39 Å². The van der Waals surface area contributed by atoms with Gasteiger partial charge in [-0.05, 0) is 36.4 Å². The molecule has 6 nitrogen and oxygen atoms in total. The summed E-state index contributed by atoms with van der Waals surface area (Å²) in [5, 5.41) is 0. The Kier molecular flexibility index (Phi) is 8.53. The summed E-state index contributed by atoms with van der Waals surface area (Å²) in [4.78, 5) is 29.4. The molecule has 0 radical (unpaired) electrons. The van der Waals surface area contributed by atoms with Gasteiger partial charge >= 0.3 is 0 Å². The monoisotopic (exact) mass is 430 g/mol. The second-order valence-corrected chi connectivity index (χ2v) is 8.23. The van der Waals surface area contributed by atoms with Crippen molar-refractivity contribution in [1.29, 1.82) is 0 Å². The fourth-order valence-corrected chi connectivity index (χ4v) is 4.04. The third-order valence-electron chi connectivity index (χ3n) is 4.90. The van der Waals surface area contributed by atoms with E-state index < -0.39 is 0 Å². The molecular formula is C22H27FN4O2S. The Bertz CT molecular complexity index is 812. The van der Waals surface area contributed by atoms with Gasteiger partial charge in [-0.3, -0.25) is 25.3 Å². The van der Waals surface area contributed by atoms with Crippen LogP contribution in [0, 0.1) is 5.82 Å². The first-order valence-corrected chi connectivity index (χ1v) is 11.1. The molecule has 0 unspecified atom stereocenters. The molecule has 2 N–H and O–H groups in total. The van der Waals surface area contributed by atoms with Gasteiger partial charge in [0.1, 0.15) is 5.82 Å². The summed E-state index contributed by atoms with van der Waals surface area (Å²) in [7, 11) is 0. The second kappa shape index (κ2) is 11.6. The minimum atomic E-state index is -0.280. The van der Waals surface area contributed by atoms with Gasteiger partial charge in [0.25, 0.3) is 0 Å². The fourth-order valence-electron chi connectivity index (χ4n) is 3.18. The van der Waals surface area contributed by atoms with Crippen molar-refractivity contribution < 1.29 is 14.0 Å². The van der Waals surface area contributed by atoms with Crippen molar-refractivity contribution in [3.63, 3.8) is 0 Å². The molecule has 2 amide bonds. The number of anilines is 1. The van der Waals surface area contributed by atoms with E-state index in [0.717, 1.165) is 31.1 Å². The Hall–Kier alpha value is -2.58. The molecule has 3 rings (SSSR count). The zero-order valence-electron chi connectivity index (χ0n) is 16.9. The maximum atomic E-state index is 12.9. The van der Waals surface area contributed by atoms with Crippen LogP contribution in [0.25, 0.3) is 0 Å². The Labute approximate surface area is 180 Å². The van der Waals surface area contributed by atoms with Crippen LogP contribution in [0.5, 0.6) is 0 Å². The van der Waals surface area contributed by atoms with Gasteiger partial charge < -0.3 is 4.90 Å². The zero-order chi connectivity index (χ0) is 21.2. The molecule has 30 heavy (non-hydrogen) atoms. The normalized spacial score (nSPS) is 14.4. The van der Waals surface area contributed by atoms with Gasteiger partial charge in [-0.2, -0.15) is 0 Å². The van der Waals surface area contributed by atoms with Crippen LogP contribution in [0.4, 0.5) is 10.1 Å². The number of halogens is 1. The first-order chi connectivity index (χ1) is 14.6.